The van der Waals surface area contributed by atoms with Gasteiger partial charge in [-0.3, -0.25) is 4.99 Å². The van der Waals surface area contributed by atoms with Crippen molar-refractivity contribution in [3.05, 3.63) is 177 Å². The van der Waals surface area contributed by atoms with Crippen molar-refractivity contribution < 1.29 is 0 Å². The summed E-state index contributed by atoms with van der Waals surface area (Å²) in [6, 6.07) is 25.6. The summed E-state index contributed by atoms with van der Waals surface area (Å²) >= 11 is 0. The summed E-state index contributed by atoms with van der Waals surface area (Å²) in [6.07, 6.45) is 29.9. The molecule has 0 fully saturated rings. The maximum Gasteiger partial charge on any atom is 0.0658 e. The summed E-state index contributed by atoms with van der Waals surface area (Å²) in [4.78, 5) is 5.19. The van der Waals surface area contributed by atoms with Crippen LogP contribution in [0, 0.1) is 17.8 Å². The third kappa shape index (κ3) is 4.33. The first-order valence-electron chi connectivity index (χ1n) is 17.9. The van der Waals surface area contributed by atoms with Gasteiger partial charge in [0.05, 0.1) is 5.70 Å². The molecular weight excluding hydrogens is 579 g/mol. The molecule has 6 aliphatic rings. The Morgan fingerprint density at radius 2 is 1.62 bits per heavy atom. The first-order valence-corrected chi connectivity index (χ1v) is 17.9. The van der Waals surface area contributed by atoms with Crippen molar-refractivity contribution in [1.29, 1.82) is 0 Å². The Kier molecular flexibility index (Phi) is 6.44. The highest BCUT2D eigenvalue weighted by Gasteiger charge is 2.36. The number of aliphatic imine (C=N–C) groups is 1. The van der Waals surface area contributed by atoms with Crippen LogP contribution in [0.1, 0.15) is 49.3 Å². The van der Waals surface area contributed by atoms with Crippen molar-refractivity contribution >= 4 is 38.9 Å². The summed E-state index contributed by atoms with van der Waals surface area (Å²) in [5.41, 5.74) is 14.2. The zero-order valence-corrected chi connectivity index (χ0v) is 27.5. The van der Waals surface area contributed by atoms with Gasteiger partial charge in [-0.05, 0) is 121 Å². The van der Waals surface area contributed by atoms with Crippen molar-refractivity contribution in [3.63, 3.8) is 0 Å². The fraction of sp³-hybridized carbons (Fsp3) is 0.213. The van der Waals surface area contributed by atoms with Gasteiger partial charge in [-0.1, -0.05) is 128 Å². The molecular formula is C47H39N. The number of rotatable bonds is 3. The van der Waals surface area contributed by atoms with E-state index in [1.54, 1.807) is 0 Å². The van der Waals surface area contributed by atoms with Crippen LogP contribution in [0.2, 0.25) is 0 Å². The van der Waals surface area contributed by atoms with E-state index in [1.807, 2.05) is 0 Å². The van der Waals surface area contributed by atoms with E-state index in [4.69, 9.17) is 4.99 Å². The monoisotopic (exact) mass is 617 g/mol. The number of hydrogen-bond acceptors (Lipinski definition) is 1. The van der Waals surface area contributed by atoms with Crippen LogP contribution >= 0.6 is 0 Å². The number of hydrogen-bond donors (Lipinski definition) is 0. The summed E-state index contributed by atoms with van der Waals surface area (Å²) in [5, 5.41) is 8.45. The Bertz CT molecular complexity index is 2470. The molecule has 10 rings (SSSR count). The molecule has 0 radical (unpaired) electrons. The lowest BCUT2D eigenvalue weighted by atomic mass is 9.66. The van der Waals surface area contributed by atoms with Crippen LogP contribution in [0.25, 0.3) is 32.7 Å². The summed E-state index contributed by atoms with van der Waals surface area (Å²) in [7, 11) is 0. The van der Waals surface area contributed by atoms with Gasteiger partial charge in [0.15, 0.2) is 0 Å². The standard InChI is InChI=1S/C47H39N/c1-29-8-6-15-41-43(29)47(40-24-21-34-19-18-32-11-7-12-33-20-23-39(40)46(34)44(32)33)38-14-5-4-13-37(38)45(41)36-22-25-42(48-28-36)35-17-16-30-9-2-3-10-31(26-30)27-35/h3-8,10-19,21,24-25,27-29,36,43H,2,9,20,22-23,26H2,1H3/t29-,36?,43?/m1/s1. The van der Waals surface area contributed by atoms with Crippen molar-refractivity contribution in [2.24, 2.45) is 22.7 Å². The molecule has 0 saturated carbocycles. The number of fused-ring (bicyclic) bond motifs is 4. The molecule has 2 bridgehead atoms. The van der Waals surface area contributed by atoms with Crippen LogP contribution in [-0.2, 0) is 12.8 Å². The summed E-state index contributed by atoms with van der Waals surface area (Å²) < 4.78 is 0. The van der Waals surface area contributed by atoms with E-state index in [1.165, 1.54) is 82.1 Å². The summed E-state index contributed by atoms with van der Waals surface area (Å²) in [6.45, 7) is 2.42. The zero-order valence-electron chi connectivity index (χ0n) is 27.5. The van der Waals surface area contributed by atoms with Gasteiger partial charge in [0.1, 0.15) is 0 Å². The largest absolute Gasteiger partial charge is 0.260 e. The molecule has 2 unspecified atom stereocenters. The first-order chi connectivity index (χ1) is 23.7. The van der Waals surface area contributed by atoms with E-state index in [9.17, 15) is 0 Å². The molecule has 0 N–H and O–H groups in total. The Hall–Kier alpha value is -5.01. The first kappa shape index (κ1) is 28.0. The number of allylic oxidation sites excluding steroid dienone is 12. The van der Waals surface area contributed by atoms with Gasteiger partial charge in [-0.25, -0.2) is 0 Å². The molecule has 1 aliphatic heterocycles. The molecule has 3 atom stereocenters. The van der Waals surface area contributed by atoms with E-state index >= 15 is 0 Å². The topological polar surface area (TPSA) is 12.4 Å². The number of benzene rings is 4. The lowest BCUT2D eigenvalue weighted by Crippen LogP contribution is -2.41. The Balaban J connectivity index is 1.15. The van der Waals surface area contributed by atoms with E-state index in [0.29, 0.717) is 11.8 Å². The quantitative estimate of drug-likeness (QED) is 0.203. The fourth-order valence-corrected chi connectivity index (χ4v) is 9.51. The van der Waals surface area contributed by atoms with E-state index in [0.717, 1.165) is 44.2 Å². The van der Waals surface area contributed by atoms with E-state index in [2.05, 4.69) is 135 Å². The van der Waals surface area contributed by atoms with Gasteiger partial charge in [-0.15, -0.1) is 0 Å². The Labute approximate surface area is 282 Å². The van der Waals surface area contributed by atoms with Crippen LogP contribution in [0.4, 0.5) is 0 Å². The minimum absolute atomic E-state index is 0.241. The predicted octanol–water partition coefficient (Wildman–Crippen LogP) is 9.71. The van der Waals surface area contributed by atoms with E-state index in [-0.39, 0.29) is 5.92 Å². The van der Waals surface area contributed by atoms with Crippen molar-refractivity contribution in [1.82, 2.24) is 0 Å². The molecule has 48 heavy (non-hydrogen) atoms. The van der Waals surface area contributed by atoms with Gasteiger partial charge < -0.3 is 0 Å². The average molecular weight is 618 g/mol. The highest BCUT2D eigenvalue weighted by atomic mass is 14.8. The molecule has 0 spiro atoms. The van der Waals surface area contributed by atoms with Crippen LogP contribution in [0.3, 0.4) is 0 Å². The molecule has 0 aromatic heterocycles. The minimum atomic E-state index is 0.241. The predicted molar refractivity (Wildman–Crippen MR) is 202 cm³/mol. The molecule has 4 aromatic carbocycles. The van der Waals surface area contributed by atoms with Gasteiger partial charge in [0.25, 0.3) is 0 Å². The summed E-state index contributed by atoms with van der Waals surface area (Å²) in [5.74, 6) is 0.946. The minimum Gasteiger partial charge on any atom is -0.260 e. The van der Waals surface area contributed by atoms with Crippen molar-refractivity contribution in [2.45, 2.75) is 45.4 Å². The second-order valence-electron chi connectivity index (χ2n) is 14.5. The third-order valence-electron chi connectivity index (χ3n) is 11.7. The molecule has 1 nitrogen and oxygen atoms in total. The van der Waals surface area contributed by atoms with Gasteiger partial charge in [-0.2, -0.15) is 0 Å². The third-order valence-corrected chi connectivity index (χ3v) is 11.7. The molecule has 5 aliphatic carbocycles. The highest BCUT2D eigenvalue weighted by molar-refractivity contribution is 6.13. The maximum atomic E-state index is 5.19. The zero-order chi connectivity index (χ0) is 31.8. The van der Waals surface area contributed by atoms with Crippen LogP contribution in [0.5, 0.6) is 0 Å². The lowest BCUT2D eigenvalue weighted by Gasteiger charge is -2.37. The molecule has 0 saturated heterocycles. The normalized spacial score (nSPS) is 23.9. The van der Waals surface area contributed by atoms with Crippen LogP contribution in [0.15, 0.2) is 154 Å². The maximum absolute atomic E-state index is 5.19. The molecule has 232 valence electrons. The fourth-order valence-electron chi connectivity index (χ4n) is 9.51. The second-order valence-corrected chi connectivity index (χ2v) is 14.5. The number of aryl methyl sites for hydroxylation is 2. The molecule has 4 aromatic rings. The Morgan fingerprint density at radius 1 is 0.771 bits per heavy atom. The van der Waals surface area contributed by atoms with Crippen LogP contribution < -0.4 is 10.4 Å². The average Bonchev–Trinajstić information content (AvgIpc) is 3.49. The van der Waals surface area contributed by atoms with Crippen molar-refractivity contribution in [2.75, 3.05) is 0 Å². The van der Waals surface area contributed by atoms with Crippen molar-refractivity contribution in [3.8, 4) is 0 Å². The van der Waals surface area contributed by atoms with E-state index < -0.39 is 0 Å². The Morgan fingerprint density at radius 3 is 2.50 bits per heavy atom. The van der Waals surface area contributed by atoms with Gasteiger partial charge in [0.2, 0.25) is 0 Å². The second kappa shape index (κ2) is 11.0. The molecule has 0 amide bonds. The molecule has 1 heteroatoms. The smallest absolute Gasteiger partial charge is 0.0658 e. The lowest BCUT2D eigenvalue weighted by molar-refractivity contribution is 0.590. The van der Waals surface area contributed by atoms with Gasteiger partial charge in [0, 0.05) is 23.6 Å². The van der Waals surface area contributed by atoms with Gasteiger partial charge >= 0.3 is 0 Å². The number of nitrogens with zero attached hydrogens (tertiary/aromatic N) is 1. The highest BCUT2D eigenvalue weighted by Crippen LogP contribution is 2.47. The SMILES string of the molecule is C[C@@H]1C=CC=C2C(C3C=NC(C4=CC=C5CCC=CC(=C4)C5)=CC3)=c3ccccc3=C(c3ccc4ccc5cccc6c5c4c3CC6)C21. The van der Waals surface area contributed by atoms with Crippen LogP contribution in [-0.4, -0.2) is 6.21 Å². The molecule has 1 heterocycles.